The normalized spacial score (nSPS) is 16.1. The molecule has 0 saturated carbocycles. The van der Waals surface area contributed by atoms with Gasteiger partial charge >= 0.3 is 301 Å². The zero-order valence-corrected chi connectivity index (χ0v) is 39.7. The van der Waals surface area contributed by atoms with E-state index in [4.69, 9.17) is 0 Å². The van der Waals surface area contributed by atoms with Gasteiger partial charge in [0.1, 0.15) is 5.75 Å². The Hall–Kier alpha value is -3.87. The molecular weight excluding hydrogens is 768 g/mol. The minimum absolute atomic E-state index is 0.150. The molecule has 5 aromatic carbocycles. The van der Waals surface area contributed by atoms with E-state index in [1.165, 1.54) is 44.5 Å². The number of para-hydroxylation sites is 1. The summed E-state index contributed by atoms with van der Waals surface area (Å²) >= 11 is -2.45. The number of phenolic OH excluding ortho intramolecular Hbond substituents is 1. The van der Waals surface area contributed by atoms with Crippen LogP contribution in [0, 0.1) is 25.7 Å². The van der Waals surface area contributed by atoms with Crippen LogP contribution in [0.1, 0.15) is 135 Å². The van der Waals surface area contributed by atoms with Crippen molar-refractivity contribution < 1.29 is 26.4 Å². The van der Waals surface area contributed by atoms with Gasteiger partial charge in [0, 0.05) is 0 Å². The minimum atomic E-state index is -2.45. The molecule has 0 spiro atoms. The number of allylic oxidation sites excluding steroid dienone is 2. The molecule has 2 aliphatic rings. The van der Waals surface area contributed by atoms with Crippen LogP contribution in [0.5, 0.6) is 5.75 Å². The van der Waals surface area contributed by atoms with Gasteiger partial charge in [0.2, 0.25) is 0 Å². The number of aryl methyl sites for hydroxylation is 2. The third kappa shape index (κ3) is 8.78. The second-order valence-corrected chi connectivity index (χ2v) is 27.0. The molecule has 296 valence electrons. The average Bonchev–Trinajstić information content (AvgIpc) is 3.74. The molecular formula is C55H66OZr. The second kappa shape index (κ2) is 16.8. The van der Waals surface area contributed by atoms with Crippen LogP contribution in [0.15, 0.2) is 114 Å². The SMILES string of the molecule is C[C](C)=[Zr]([CH]1C(C(C)C)=Cc2c(-c3ccc(C(C)(C)C)cc3)cccc21)[CH]1C(C(C)C)=Cc2c(-c3ccc(C(C)(C)C)cc3)cccc21.Cc1cccc(C)c1O. The van der Waals surface area contributed by atoms with Crippen molar-refractivity contribution in [2.24, 2.45) is 11.8 Å². The monoisotopic (exact) mass is 832 g/mol. The first kappa shape index (κ1) is 42.7. The fourth-order valence-electron chi connectivity index (χ4n) is 8.90. The minimum Gasteiger partial charge on any atom is -0.507 e. The molecule has 0 bridgehead atoms. The number of rotatable bonds is 6. The Balaban J connectivity index is 0.000000538. The van der Waals surface area contributed by atoms with Crippen molar-refractivity contribution in [3.8, 4) is 28.0 Å². The van der Waals surface area contributed by atoms with Gasteiger partial charge in [0.15, 0.2) is 0 Å². The zero-order chi connectivity index (χ0) is 41.6. The van der Waals surface area contributed by atoms with Crippen LogP contribution >= 0.6 is 0 Å². The molecule has 0 aliphatic heterocycles. The van der Waals surface area contributed by atoms with Gasteiger partial charge in [-0.1, -0.05) is 18.2 Å². The summed E-state index contributed by atoms with van der Waals surface area (Å²) < 4.78 is 2.79. The molecule has 2 aliphatic carbocycles. The summed E-state index contributed by atoms with van der Waals surface area (Å²) in [6.07, 6.45) is 5.23. The predicted octanol–water partition coefficient (Wildman–Crippen LogP) is 15.3. The fraction of sp³-hybridized carbons (Fsp3) is 0.364. The Labute approximate surface area is 353 Å². The zero-order valence-electron chi connectivity index (χ0n) is 37.2. The van der Waals surface area contributed by atoms with Crippen LogP contribution in [-0.2, 0) is 32.1 Å². The van der Waals surface area contributed by atoms with Crippen molar-refractivity contribution in [3.63, 3.8) is 0 Å². The maximum atomic E-state index is 9.21. The molecule has 0 saturated heterocycles. The Kier molecular flexibility index (Phi) is 12.6. The smallest absolute Gasteiger partial charge is 0.121 e. The van der Waals surface area contributed by atoms with Crippen LogP contribution in [0.3, 0.4) is 0 Å². The van der Waals surface area contributed by atoms with E-state index in [0.29, 0.717) is 24.8 Å². The largest absolute Gasteiger partial charge is 0.507 e. The van der Waals surface area contributed by atoms with E-state index in [1.807, 2.05) is 32.0 Å². The van der Waals surface area contributed by atoms with Gasteiger partial charge in [0.25, 0.3) is 0 Å². The Morgan fingerprint density at radius 3 is 1.18 bits per heavy atom. The van der Waals surface area contributed by atoms with Gasteiger partial charge in [-0.05, 0) is 25.0 Å². The molecule has 2 unspecified atom stereocenters. The van der Waals surface area contributed by atoms with Gasteiger partial charge in [-0.2, -0.15) is 0 Å². The molecule has 0 heterocycles. The Morgan fingerprint density at radius 1 is 0.526 bits per heavy atom. The molecule has 0 aromatic heterocycles. The van der Waals surface area contributed by atoms with Crippen molar-refractivity contribution in [1.82, 2.24) is 0 Å². The van der Waals surface area contributed by atoms with E-state index >= 15 is 0 Å². The number of hydrogen-bond donors (Lipinski definition) is 1. The first-order valence-electron chi connectivity index (χ1n) is 21.1. The van der Waals surface area contributed by atoms with Crippen molar-refractivity contribution in [2.75, 3.05) is 0 Å². The summed E-state index contributed by atoms with van der Waals surface area (Å²) in [4.78, 5) is 0. The van der Waals surface area contributed by atoms with Crippen LogP contribution in [0.4, 0.5) is 0 Å². The van der Waals surface area contributed by atoms with Gasteiger partial charge < -0.3 is 5.11 Å². The third-order valence-electron chi connectivity index (χ3n) is 12.3. The maximum Gasteiger partial charge on any atom is 0.121 e. The van der Waals surface area contributed by atoms with E-state index in [-0.39, 0.29) is 10.8 Å². The number of benzene rings is 5. The predicted molar refractivity (Wildman–Crippen MR) is 246 cm³/mol. The van der Waals surface area contributed by atoms with Crippen LogP contribution in [0.2, 0.25) is 0 Å². The molecule has 7 rings (SSSR count). The number of aromatic hydroxyl groups is 1. The van der Waals surface area contributed by atoms with E-state index < -0.39 is 21.3 Å². The molecule has 57 heavy (non-hydrogen) atoms. The van der Waals surface area contributed by atoms with Crippen molar-refractivity contribution in [3.05, 3.63) is 159 Å². The van der Waals surface area contributed by atoms with E-state index in [9.17, 15) is 5.11 Å². The first-order chi connectivity index (χ1) is 26.8. The van der Waals surface area contributed by atoms with Gasteiger partial charge in [0.05, 0.1) is 0 Å². The maximum absolute atomic E-state index is 9.21. The summed E-state index contributed by atoms with van der Waals surface area (Å²) in [6, 6.07) is 38.8. The summed E-state index contributed by atoms with van der Waals surface area (Å²) in [5, 5.41) is 9.21. The average molecular weight is 834 g/mol. The van der Waals surface area contributed by atoms with Crippen molar-refractivity contribution in [1.29, 1.82) is 0 Å². The van der Waals surface area contributed by atoms with Gasteiger partial charge in [-0.3, -0.25) is 0 Å². The standard InChI is InChI=1S/2C22H25.C8H10O.C3H6.Zr/c2*1-15(2)18-13-17-7-6-8-20(21(17)14-18)16-9-11-19(12-10-16)22(3,4)5;1-6-4-3-5-7(2)8(6)9;1-3-2;/h2*6-15H,1-5H3;3-5,9H,1-2H3;1-2H3;. The number of phenols is 1. The van der Waals surface area contributed by atoms with Crippen molar-refractivity contribution in [2.45, 2.75) is 115 Å². The number of fused-ring (bicyclic) bond motifs is 2. The third-order valence-corrected chi connectivity index (χ3v) is 21.4. The topological polar surface area (TPSA) is 20.2 Å². The summed E-state index contributed by atoms with van der Waals surface area (Å²) in [6.45, 7) is 32.2. The number of hydrogen-bond acceptors (Lipinski definition) is 1. The summed E-state index contributed by atoms with van der Waals surface area (Å²) in [5.41, 5.74) is 19.8. The van der Waals surface area contributed by atoms with Gasteiger partial charge in [-0.15, -0.1) is 0 Å². The molecule has 1 nitrogen and oxygen atoms in total. The van der Waals surface area contributed by atoms with Crippen molar-refractivity contribution >= 4 is 15.4 Å². The molecule has 0 fully saturated rings. The Morgan fingerprint density at radius 2 is 0.877 bits per heavy atom. The Bertz CT molecular complexity index is 2190. The molecule has 2 atom stereocenters. The second-order valence-electron chi connectivity index (χ2n) is 19.4. The molecule has 1 N–H and O–H groups in total. The molecule has 0 amide bonds. The van der Waals surface area contributed by atoms with E-state index in [2.05, 4.69) is 180 Å². The molecule has 0 radical (unpaired) electrons. The fourth-order valence-corrected chi connectivity index (χ4v) is 19.3. The quantitative estimate of drug-likeness (QED) is 0.181. The first-order valence-corrected chi connectivity index (χ1v) is 25.2. The van der Waals surface area contributed by atoms with E-state index in [0.717, 1.165) is 11.1 Å². The van der Waals surface area contributed by atoms with Crippen LogP contribution in [-0.4, -0.2) is 8.31 Å². The van der Waals surface area contributed by atoms with Crippen LogP contribution < -0.4 is 0 Å². The van der Waals surface area contributed by atoms with E-state index in [1.54, 1.807) is 25.5 Å². The van der Waals surface area contributed by atoms with Gasteiger partial charge in [-0.25, -0.2) is 0 Å². The molecule has 5 aromatic rings. The summed E-state index contributed by atoms with van der Waals surface area (Å²) in [5.74, 6) is 1.43. The van der Waals surface area contributed by atoms with Crippen LogP contribution in [0.25, 0.3) is 34.4 Å². The summed E-state index contributed by atoms with van der Waals surface area (Å²) in [7, 11) is 0. The molecule has 2 heteroatoms.